The number of carboxylic acids is 1. The monoisotopic (exact) mass is 152 g/mol. The van der Waals surface area contributed by atoms with Gasteiger partial charge < -0.3 is 5.11 Å². The molecule has 0 amide bonds. The maximum atomic E-state index is 10.6. The number of hydrogen-bond acceptors (Lipinski definition) is 1. The first kappa shape index (κ1) is 8.05. The Bertz CT molecular complexity index is 214. The Morgan fingerprint density at radius 2 is 2.55 bits per heavy atom. The molecule has 11 heavy (non-hydrogen) atoms. The number of aliphatic carboxylic acids is 1. The van der Waals surface area contributed by atoms with E-state index in [9.17, 15) is 4.79 Å². The molecule has 0 aromatic carbocycles. The second-order valence-electron chi connectivity index (χ2n) is 2.66. The third-order valence-corrected chi connectivity index (χ3v) is 1.97. The van der Waals surface area contributed by atoms with Crippen LogP contribution in [-0.4, -0.2) is 11.1 Å². The smallest absolute Gasteiger partial charge is 0.310 e. The van der Waals surface area contributed by atoms with E-state index >= 15 is 0 Å². The summed E-state index contributed by atoms with van der Waals surface area (Å²) in [4.78, 5) is 10.6. The Hall–Kier alpha value is -1.05. The van der Waals surface area contributed by atoms with Gasteiger partial charge in [0.2, 0.25) is 0 Å². The minimum Gasteiger partial charge on any atom is -0.481 e. The first-order valence-corrected chi connectivity index (χ1v) is 3.81. The Morgan fingerprint density at radius 3 is 3.00 bits per heavy atom. The molecule has 0 aromatic heterocycles. The van der Waals surface area contributed by atoms with Crippen molar-refractivity contribution in [3.05, 3.63) is 23.8 Å². The highest BCUT2D eigenvalue weighted by Crippen LogP contribution is 2.23. The van der Waals surface area contributed by atoms with Crippen LogP contribution in [0.5, 0.6) is 0 Å². The van der Waals surface area contributed by atoms with Crippen LogP contribution in [0.15, 0.2) is 23.8 Å². The first-order chi connectivity index (χ1) is 5.25. The lowest BCUT2D eigenvalue weighted by Crippen LogP contribution is -2.17. The summed E-state index contributed by atoms with van der Waals surface area (Å²) in [6.07, 6.45) is 7.42. The van der Waals surface area contributed by atoms with Gasteiger partial charge in [-0.1, -0.05) is 18.2 Å². The maximum absolute atomic E-state index is 10.6. The lowest BCUT2D eigenvalue weighted by atomic mass is 9.89. The van der Waals surface area contributed by atoms with E-state index in [0.717, 1.165) is 18.4 Å². The fraction of sp³-hybridized carbons (Fsp3) is 0.444. The van der Waals surface area contributed by atoms with Crippen LogP contribution in [-0.2, 0) is 4.79 Å². The normalized spacial score (nSPS) is 27.4. The summed E-state index contributed by atoms with van der Waals surface area (Å²) in [6.45, 7) is 1.88. The van der Waals surface area contributed by atoms with Crippen LogP contribution in [0.1, 0.15) is 19.8 Å². The molecule has 60 valence electrons. The lowest BCUT2D eigenvalue weighted by Gasteiger charge is -2.15. The minimum absolute atomic E-state index is 0.273. The molecule has 0 aromatic rings. The van der Waals surface area contributed by atoms with Gasteiger partial charge in [-0.3, -0.25) is 4.79 Å². The van der Waals surface area contributed by atoms with Crippen LogP contribution in [0.3, 0.4) is 0 Å². The van der Waals surface area contributed by atoms with E-state index in [1.54, 1.807) is 0 Å². The van der Waals surface area contributed by atoms with Crippen molar-refractivity contribution in [2.45, 2.75) is 19.8 Å². The molecular weight excluding hydrogens is 140 g/mol. The predicted octanol–water partition coefficient (Wildman–Crippen LogP) is 1.98. The van der Waals surface area contributed by atoms with Crippen molar-refractivity contribution >= 4 is 5.97 Å². The van der Waals surface area contributed by atoms with E-state index in [2.05, 4.69) is 0 Å². The molecule has 0 bridgehead atoms. The van der Waals surface area contributed by atoms with Crippen LogP contribution >= 0.6 is 0 Å². The van der Waals surface area contributed by atoms with Gasteiger partial charge in [0.15, 0.2) is 0 Å². The molecule has 1 rings (SSSR count). The van der Waals surface area contributed by atoms with Crippen molar-refractivity contribution in [2.24, 2.45) is 5.92 Å². The van der Waals surface area contributed by atoms with Gasteiger partial charge in [0.25, 0.3) is 0 Å². The van der Waals surface area contributed by atoms with Gasteiger partial charge in [0, 0.05) is 0 Å². The summed E-state index contributed by atoms with van der Waals surface area (Å²) in [6, 6.07) is 0. The summed E-state index contributed by atoms with van der Waals surface area (Å²) >= 11 is 0. The summed E-state index contributed by atoms with van der Waals surface area (Å²) in [5, 5.41) is 8.77. The first-order valence-electron chi connectivity index (χ1n) is 3.81. The van der Waals surface area contributed by atoms with Gasteiger partial charge in [-0.05, 0) is 25.3 Å². The van der Waals surface area contributed by atoms with E-state index in [-0.39, 0.29) is 5.92 Å². The summed E-state index contributed by atoms with van der Waals surface area (Å²) in [7, 11) is 0. The molecule has 0 heterocycles. The van der Waals surface area contributed by atoms with Crippen LogP contribution in [0.2, 0.25) is 0 Å². The molecule has 0 aliphatic heterocycles. The Morgan fingerprint density at radius 1 is 1.82 bits per heavy atom. The van der Waals surface area contributed by atoms with Gasteiger partial charge in [0.05, 0.1) is 5.92 Å². The number of allylic oxidation sites excluding steroid dienone is 3. The molecule has 0 saturated carbocycles. The molecule has 0 fully saturated rings. The van der Waals surface area contributed by atoms with Crippen LogP contribution in [0, 0.1) is 5.92 Å². The number of rotatable bonds is 1. The summed E-state index contributed by atoms with van der Waals surface area (Å²) in [5.41, 5.74) is 0.934. The second-order valence-corrected chi connectivity index (χ2v) is 2.66. The highest BCUT2D eigenvalue weighted by Gasteiger charge is 2.21. The predicted molar refractivity (Wildman–Crippen MR) is 43.3 cm³/mol. The maximum Gasteiger partial charge on any atom is 0.310 e. The molecule has 1 N–H and O–H groups in total. The Kier molecular flexibility index (Phi) is 2.47. The average Bonchev–Trinajstić information content (AvgIpc) is 2.04. The molecule has 2 nitrogen and oxygen atoms in total. The van der Waals surface area contributed by atoms with Gasteiger partial charge in [-0.25, -0.2) is 0 Å². The summed E-state index contributed by atoms with van der Waals surface area (Å²) in [5.74, 6) is -0.979. The summed E-state index contributed by atoms with van der Waals surface area (Å²) < 4.78 is 0. The van der Waals surface area contributed by atoms with Crippen molar-refractivity contribution in [2.75, 3.05) is 0 Å². The minimum atomic E-state index is -0.706. The number of carboxylic acid groups (broad SMARTS) is 1. The third kappa shape index (κ3) is 1.70. The van der Waals surface area contributed by atoms with Crippen LogP contribution < -0.4 is 0 Å². The van der Waals surface area contributed by atoms with Crippen molar-refractivity contribution in [3.63, 3.8) is 0 Å². The molecule has 1 aliphatic carbocycles. The number of carbonyl (C=O) groups is 1. The molecule has 1 atom stereocenters. The van der Waals surface area contributed by atoms with E-state index < -0.39 is 5.97 Å². The molecular formula is C9H12O2. The molecule has 2 heteroatoms. The highest BCUT2D eigenvalue weighted by molar-refractivity contribution is 5.74. The molecule has 1 aliphatic rings. The Balaban J connectivity index is 2.80. The molecule has 1 unspecified atom stereocenters. The third-order valence-electron chi connectivity index (χ3n) is 1.97. The van der Waals surface area contributed by atoms with E-state index in [4.69, 9.17) is 5.11 Å². The number of hydrogen-bond donors (Lipinski definition) is 1. The van der Waals surface area contributed by atoms with E-state index in [0.29, 0.717) is 0 Å². The van der Waals surface area contributed by atoms with Crippen molar-refractivity contribution < 1.29 is 9.90 Å². The van der Waals surface area contributed by atoms with Gasteiger partial charge in [-0.2, -0.15) is 0 Å². The average molecular weight is 152 g/mol. The zero-order valence-electron chi connectivity index (χ0n) is 6.58. The zero-order valence-corrected chi connectivity index (χ0v) is 6.58. The van der Waals surface area contributed by atoms with Gasteiger partial charge in [0.1, 0.15) is 0 Å². The largest absolute Gasteiger partial charge is 0.481 e. The molecule has 0 radical (unpaired) electrons. The van der Waals surface area contributed by atoms with Gasteiger partial charge in [-0.15, -0.1) is 0 Å². The quantitative estimate of drug-likeness (QED) is 0.623. The molecule has 0 spiro atoms. The van der Waals surface area contributed by atoms with Crippen molar-refractivity contribution in [1.82, 2.24) is 0 Å². The van der Waals surface area contributed by atoms with Crippen molar-refractivity contribution in [3.8, 4) is 0 Å². The standard InChI is InChI=1S/C9H12O2/c1-2-7-5-3-4-6-8(7)9(10)11/h2-3,5,8H,4,6H2,1H3,(H,10,11). The van der Waals surface area contributed by atoms with Gasteiger partial charge >= 0.3 is 5.97 Å². The Labute approximate surface area is 66.2 Å². The van der Waals surface area contributed by atoms with E-state index in [1.807, 2.05) is 25.2 Å². The topological polar surface area (TPSA) is 37.3 Å². The fourth-order valence-electron chi connectivity index (χ4n) is 1.33. The zero-order chi connectivity index (χ0) is 8.27. The van der Waals surface area contributed by atoms with Crippen LogP contribution in [0.25, 0.3) is 0 Å². The fourth-order valence-corrected chi connectivity index (χ4v) is 1.33. The second kappa shape index (κ2) is 3.37. The van der Waals surface area contributed by atoms with Crippen LogP contribution in [0.4, 0.5) is 0 Å². The van der Waals surface area contributed by atoms with Crippen molar-refractivity contribution in [1.29, 1.82) is 0 Å². The lowest BCUT2D eigenvalue weighted by molar-refractivity contribution is -0.140. The SMILES string of the molecule is CC=C1C=CCCC1C(=O)O. The molecule has 0 saturated heterocycles. The highest BCUT2D eigenvalue weighted by atomic mass is 16.4. The van der Waals surface area contributed by atoms with E-state index in [1.165, 1.54) is 0 Å².